The normalized spacial score (nSPS) is 10.9. The van der Waals surface area contributed by atoms with Crippen LogP contribution in [0.25, 0.3) is 5.70 Å². The van der Waals surface area contributed by atoms with Gasteiger partial charge in [-0.25, -0.2) is 8.42 Å². The molecule has 0 radical (unpaired) electrons. The third-order valence-electron chi connectivity index (χ3n) is 4.44. The molecular formula is C25H25NO2S. The lowest BCUT2D eigenvalue weighted by molar-refractivity contribution is 0.507. The van der Waals surface area contributed by atoms with Crippen LogP contribution in [0.1, 0.15) is 30.5 Å². The molecule has 0 fully saturated rings. The summed E-state index contributed by atoms with van der Waals surface area (Å²) in [7, 11) is -3.79. The maximum Gasteiger partial charge on any atom is 0.265 e. The van der Waals surface area contributed by atoms with Gasteiger partial charge in [0.15, 0.2) is 0 Å². The number of hydrogen-bond donors (Lipinski definition) is 0. The topological polar surface area (TPSA) is 37.4 Å². The summed E-state index contributed by atoms with van der Waals surface area (Å²) in [5.41, 5.74) is 7.46. The second-order valence-electron chi connectivity index (χ2n) is 7.15. The van der Waals surface area contributed by atoms with Crippen molar-refractivity contribution in [1.29, 1.82) is 0 Å². The fraction of sp³-hybridized carbons (Fsp3) is 0.160. The molecule has 3 aromatic carbocycles. The second-order valence-corrected chi connectivity index (χ2v) is 9.01. The van der Waals surface area contributed by atoms with Crippen LogP contribution in [0.4, 0.5) is 0 Å². The molecule has 3 nitrogen and oxygen atoms in total. The van der Waals surface area contributed by atoms with Crippen molar-refractivity contribution in [1.82, 2.24) is 4.31 Å². The van der Waals surface area contributed by atoms with E-state index < -0.39 is 10.0 Å². The molecule has 0 aliphatic heterocycles. The SMILES string of the molecule is CC(C)=C=C(c1ccccc1)N(Cc1ccccc1)S(=O)(=O)c1ccc(C)cc1. The van der Waals surface area contributed by atoms with E-state index in [9.17, 15) is 8.42 Å². The average molecular weight is 404 g/mol. The number of benzene rings is 3. The van der Waals surface area contributed by atoms with Crippen LogP contribution in [0.2, 0.25) is 0 Å². The van der Waals surface area contributed by atoms with E-state index in [-0.39, 0.29) is 11.4 Å². The molecule has 0 amide bonds. The van der Waals surface area contributed by atoms with E-state index in [1.165, 1.54) is 4.31 Å². The third kappa shape index (κ3) is 5.05. The Morgan fingerprint density at radius 2 is 1.38 bits per heavy atom. The molecule has 0 atom stereocenters. The molecule has 0 saturated heterocycles. The Hall–Kier alpha value is -3.07. The van der Waals surface area contributed by atoms with Crippen molar-refractivity contribution in [3.05, 3.63) is 113 Å². The summed E-state index contributed by atoms with van der Waals surface area (Å²) in [5.74, 6) is 0. The minimum Gasteiger partial charge on any atom is -0.254 e. The predicted octanol–water partition coefficient (Wildman–Crippen LogP) is 5.79. The molecule has 0 aromatic heterocycles. The lowest BCUT2D eigenvalue weighted by Gasteiger charge is -2.26. The zero-order chi connectivity index (χ0) is 20.9. The summed E-state index contributed by atoms with van der Waals surface area (Å²) >= 11 is 0. The van der Waals surface area contributed by atoms with Crippen molar-refractivity contribution in [2.75, 3.05) is 0 Å². The largest absolute Gasteiger partial charge is 0.265 e. The van der Waals surface area contributed by atoms with Gasteiger partial charge in [-0.15, -0.1) is 0 Å². The Labute approximate surface area is 173 Å². The summed E-state index contributed by atoms with van der Waals surface area (Å²) in [6.45, 7) is 6.00. The van der Waals surface area contributed by atoms with E-state index in [4.69, 9.17) is 0 Å². The number of rotatable bonds is 6. The molecule has 0 saturated carbocycles. The highest BCUT2D eigenvalue weighted by molar-refractivity contribution is 7.89. The van der Waals surface area contributed by atoms with E-state index in [1.54, 1.807) is 12.1 Å². The molecule has 3 rings (SSSR count). The van der Waals surface area contributed by atoms with E-state index in [1.807, 2.05) is 93.6 Å². The van der Waals surface area contributed by atoms with Crippen LogP contribution in [0.3, 0.4) is 0 Å². The van der Waals surface area contributed by atoms with Gasteiger partial charge in [0, 0.05) is 5.56 Å². The van der Waals surface area contributed by atoms with Gasteiger partial charge in [0.05, 0.1) is 11.4 Å². The van der Waals surface area contributed by atoms with Crippen LogP contribution in [0.15, 0.2) is 101 Å². The molecule has 0 unspecified atom stereocenters. The van der Waals surface area contributed by atoms with Gasteiger partial charge in [0.25, 0.3) is 10.0 Å². The van der Waals surface area contributed by atoms with Crippen LogP contribution in [0, 0.1) is 6.92 Å². The molecule has 0 heterocycles. The number of allylic oxidation sites excluding steroid dienone is 1. The first-order chi connectivity index (χ1) is 13.9. The van der Waals surface area contributed by atoms with Gasteiger partial charge in [-0.1, -0.05) is 84.1 Å². The number of aryl methyl sites for hydroxylation is 1. The van der Waals surface area contributed by atoms with E-state index >= 15 is 0 Å². The van der Waals surface area contributed by atoms with Crippen LogP contribution in [-0.4, -0.2) is 12.7 Å². The van der Waals surface area contributed by atoms with Gasteiger partial charge in [0.1, 0.15) is 5.70 Å². The Morgan fingerprint density at radius 1 is 0.828 bits per heavy atom. The first-order valence-corrected chi connectivity index (χ1v) is 10.9. The highest BCUT2D eigenvalue weighted by Crippen LogP contribution is 2.29. The number of sulfonamides is 1. The fourth-order valence-corrected chi connectivity index (χ4v) is 4.43. The highest BCUT2D eigenvalue weighted by Gasteiger charge is 2.27. The minimum atomic E-state index is -3.79. The first-order valence-electron chi connectivity index (χ1n) is 9.51. The molecule has 0 N–H and O–H groups in total. The average Bonchev–Trinajstić information content (AvgIpc) is 2.72. The highest BCUT2D eigenvalue weighted by atomic mass is 32.2. The van der Waals surface area contributed by atoms with Crippen molar-refractivity contribution >= 4 is 15.7 Å². The van der Waals surface area contributed by atoms with Crippen molar-refractivity contribution in [2.24, 2.45) is 0 Å². The van der Waals surface area contributed by atoms with Crippen LogP contribution < -0.4 is 0 Å². The third-order valence-corrected chi connectivity index (χ3v) is 6.20. The zero-order valence-electron chi connectivity index (χ0n) is 17.0. The summed E-state index contributed by atoms with van der Waals surface area (Å²) in [5, 5.41) is 0. The van der Waals surface area contributed by atoms with Gasteiger partial charge in [0.2, 0.25) is 0 Å². The number of hydrogen-bond acceptors (Lipinski definition) is 2. The minimum absolute atomic E-state index is 0.224. The number of nitrogens with zero attached hydrogens (tertiary/aromatic N) is 1. The molecule has 4 heteroatoms. The van der Waals surface area contributed by atoms with Gasteiger partial charge in [-0.2, -0.15) is 0 Å². The zero-order valence-corrected chi connectivity index (χ0v) is 17.8. The monoisotopic (exact) mass is 403 g/mol. The smallest absolute Gasteiger partial charge is 0.254 e. The lowest BCUT2D eigenvalue weighted by atomic mass is 10.1. The Morgan fingerprint density at radius 3 is 1.93 bits per heavy atom. The molecule has 0 aliphatic carbocycles. The summed E-state index contributed by atoms with van der Waals surface area (Å²) < 4.78 is 28.9. The van der Waals surface area contributed by atoms with Crippen molar-refractivity contribution in [2.45, 2.75) is 32.2 Å². The van der Waals surface area contributed by atoms with E-state index in [0.29, 0.717) is 5.70 Å². The maximum atomic E-state index is 13.7. The second kappa shape index (κ2) is 8.95. The van der Waals surface area contributed by atoms with Crippen molar-refractivity contribution in [3.8, 4) is 0 Å². The molecule has 0 aliphatic rings. The van der Waals surface area contributed by atoms with Gasteiger partial charge >= 0.3 is 0 Å². The maximum absolute atomic E-state index is 13.7. The fourth-order valence-electron chi connectivity index (χ4n) is 2.98. The Balaban J connectivity index is 2.21. The lowest BCUT2D eigenvalue weighted by Crippen LogP contribution is -2.29. The van der Waals surface area contributed by atoms with Crippen molar-refractivity contribution in [3.63, 3.8) is 0 Å². The van der Waals surface area contributed by atoms with Crippen molar-refractivity contribution < 1.29 is 8.42 Å². The molecular weight excluding hydrogens is 378 g/mol. The molecule has 0 bridgehead atoms. The Kier molecular flexibility index (Phi) is 6.38. The quantitative estimate of drug-likeness (QED) is 0.488. The predicted molar refractivity (Wildman–Crippen MR) is 119 cm³/mol. The van der Waals surface area contributed by atoms with Crippen LogP contribution in [0.5, 0.6) is 0 Å². The standard InChI is InChI=1S/C25H25NO2S/c1-20(2)18-25(23-12-8-5-9-13-23)26(19-22-10-6-4-7-11-22)29(27,28)24-16-14-21(3)15-17-24/h4-17H,19H2,1-3H3. The Bertz CT molecular complexity index is 1120. The van der Waals surface area contributed by atoms with E-state index in [2.05, 4.69) is 5.73 Å². The molecule has 148 valence electrons. The first kappa shape index (κ1) is 20.7. The van der Waals surface area contributed by atoms with Crippen LogP contribution in [-0.2, 0) is 16.6 Å². The molecule has 0 spiro atoms. The molecule has 3 aromatic rings. The van der Waals surface area contributed by atoms with Gasteiger partial charge in [-0.3, -0.25) is 4.31 Å². The van der Waals surface area contributed by atoms with Gasteiger partial charge in [-0.05, 0) is 44.0 Å². The van der Waals surface area contributed by atoms with Crippen LogP contribution >= 0.6 is 0 Å². The molecule has 29 heavy (non-hydrogen) atoms. The summed E-state index contributed by atoms with van der Waals surface area (Å²) in [6.07, 6.45) is 0. The summed E-state index contributed by atoms with van der Waals surface area (Å²) in [6, 6.07) is 26.1. The van der Waals surface area contributed by atoms with Gasteiger partial charge < -0.3 is 0 Å². The summed E-state index contributed by atoms with van der Waals surface area (Å²) in [4.78, 5) is 0.267. The van der Waals surface area contributed by atoms with E-state index in [0.717, 1.165) is 22.3 Å².